The molecule has 1 atom stereocenters. The van der Waals surface area contributed by atoms with E-state index in [1.807, 2.05) is 12.1 Å². The fraction of sp³-hybridized carbons (Fsp3) is 0.400. The molecular formula is C25H27ClN4O4. The van der Waals surface area contributed by atoms with E-state index in [0.717, 1.165) is 31.5 Å². The number of nitrogens with zero attached hydrogens (tertiary/aromatic N) is 3. The molecule has 0 spiro atoms. The molecular weight excluding hydrogens is 456 g/mol. The molecule has 3 heterocycles. The van der Waals surface area contributed by atoms with E-state index < -0.39 is 0 Å². The monoisotopic (exact) mass is 482 g/mol. The van der Waals surface area contributed by atoms with Crippen LogP contribution >= 0.6 is 11.6 Å². The fourth-order valence-corrected chi connectivity index (χ4v) is 5.01. The number of halogens is 1. The average molecular weight is 483 g/mol. The number of morpholine rings is 1. The maximum atomic E-state index is 13.5. The molecule has 3 aliphatic heterocycles. The number of amides is 3. The molecule has 0 radical (unpaired) electrons. The van der Waals surface area contributed by atoms with E-state index in [9.17, 15) is 14.4 Å². The van der Waals surface area contributed by atoms with Crippen molar-refractivity contribution in [3.8, 4) is 0 Å². The van der Waals surface area contributed by atoms with Gasteiger partial charge in [0.05, 0.1) is 24.6 Å². The van der Waals surface area contributed by atoms with Crippen molar-refractivity contribution < 1.29 is 19.1 Å². The minimum absolute atomic E-state index is 0.0927. The Hall–Kier alpha value is -3.10. The minimum atomic E-state index is -0.309. The van der Waals surface area contributed by atoms with Crippen LogP contribution in [0, 0.1) is 0 Å². The van der Waals surface area contributed by atoms with E-state index in [1.165, 1.54) is 4.90 Å². The van der Waals surface area contributed by atoms with Gasteiger partial charge in [0.25, 0.3) is 5.91 Å². The average Bonchev–Trinajstić information content (AvgIpc) is 2.87. The summed E-state index contributed by atoms with van der Waals surface area (Å²) in [6.45, 7) is 2.76. The molecule has 2 aromatic carbocycles. The van der Waals surface area contributed by atoms with Crippen molar-refractivity contribution in [1.29, 1.82) is 0 Å². The van der Waals surface area contributed by atoms with E-state index in [0.29, 0.717) is 48.3 Å². The second-order valence-corrected chi connectivity index (χ2v) is 9.23. The fourth-order valence-electron chi connectivity index (χ4n) is 4.88. The molecule has 0 aliphatic carbocycles. The third kappa shape index (κ3) is 4.48. The first kappa shape index (κ1) is 22.7. The van der Waals surface area contributed by atoms with Crippen molar-refractivity contribution in [3.63, 3.8) is 0 Å². The van der Waals surface area contributed by atoms with Crippen LogP contribution < -0.4 is 15.1 Å². The third-order valence-corrected chi connectivity index (χ3v) is 6.86. The van der Waals surface area contributed by atoms with Crippen LogP contribution in [0.5, 0.6) is 0 Å². The van der Waals surface area contributed by atoms with Crippen LogP contribution in [0.25, 0.3) is 0 Å². The van der Waals surface area contributed by atoms with E-state index in [-0.39, 0.29) is 30.3 Å². The van der Waals surface area contributed by atoms with Crippen LogP contribution in [0.15, 0.2) is 42.5 Å². The van der Waals surface area contributed by atoms with E-state index in [4.69, 9.17) is 16.3 Å². The maximum Gasteiger partial charge on any atom is 0.254 e. The SMILES string of the molecule is O=C(CN1C(=O)[C@@H]2CCCCN2c2ccc(C(=O)N3CCOCC3)cc21)Nc1ccc(Cl)cc1. The van der Waals surface area contributed by atoms with E-state index >= 15 is 0 Å². The van der Waals surface area contributed by atoms with Gasteiger partial charge >= 0.3 is 0 Å². The topological polar surface area (TPSA) is 82.2 Å². The Morgan fingerprint density at radius 3 is 2.53 bits per heavy atom. The van der Waals surface area contributed by atoms with Gasteiger partial charge < -0.3 is 19.9 Å². The highest BCUT2D eigenvalue weighted by Gasteiger charge is 2.40. The summed E-state index contributed by atoms with van der Waals surface area (Å²) in [5.74, 6) is -0.505. The van der Waals surface area contributed by atoms with E-state index in [1.54, 1.807) is 35.2 Å². The number of carbonyl (C=O) groups excluding carboxylic acids is 3. The van der Waals surface area contributed by atoms with Gasteiger partial charge in [-0.05, 0) is 61.7 Å². The molecule has 2 saturated heterocycles. The standard InChI is InChI=1S/C25H27ClN4O4/c26-18-5-7-19(8-6-18)27-23(31)16-30-22-15-17(24(32)28-11-13-34-14-12-28)4-9-20(22)29-10-2-1-3-21(29)25(30)33/h4-9,15,21H,1-3,10-14,16H2,(H,27,31)/t21-/m0/s1. The first-order chi connectivity index (χ1) is 16.5. The minimum Gasteiger partial charge on any atom is -0.378 e. The summed E-state index contributed by atoms with van der Waals surface area (Å²) < 4.78 is 5.36. The Bertz CT molecular complexity index is 1100. The molecule has 0 aromatic heterocycles. The van der Waals surface area contributed by atoms with Crippen molar-refractivity contribution in [2.45, 2.75) is 25.3 Å². The number of carbonyl (C=O) groups is 3. The first-order valence-electron chi connectivity index (χ1n) is 11.7. The summed E-state index contributed by atoms with van der Waals surface area (Å²) >= 11 is 5.93. The van der Waals surface area contributed by atoms with Gasteiger partial charge in [-0.3, -0.25) is 19.3 Å². The Labute approximate surface area is 203 Å². The molecule has 34 heavy (non-hydrogen) atoms. The highest BCUT2D eigenvalue weighted by molar-refractivity contribution is 6.30. The Morgan fingerprint density at radius 1 is 1.00 bits per heavy atom. The van der Waals surface area contributed by atoms with Gasteiger partial charge in [-0.1, -0.05) is 11.6 Å². The molecule has 2 fully saturated rings. The van der Waals surface area contributed by atoms with E-state index in [2.05, 4.69) is 10.2 Å². The van der Waals surface area contributed by atoms with Crippen LogP contribution in [0.2, 0.25) is 5.02 Å². The molecule has 0 unspecified atom stereocenters. The van der Waals surface area contributed by atoms with Gasteiger partial charge in [0, 0.05) is 35.9 Å². The molecule has 8 nitrogen and oxygen atoms in total. The Kier molecular flexibility index (Phi) is 6.43. The number of anilines is 3. The number of rotatable bonds is 4. The molecule has 178 valence electrons. The van der Waals surface area contributed by atoms with Crippen molar-refractivity contribution in [2.75, 3.05) is 54.5 Å². The number of nitrogens with one attached hydrogen (secondary N) is 1. The summed E-state index contributed by atoms with van der Waals surface area (Å²) in [5, 5.41) is 3.41. The van der Waals surface area contributed by atoms with Gasteiger partial charge in [0.15, 0.2) is 0 Å². The Balaban J connectivity index is 1.44. The van der Waals surface area contributed by atoms with Crippen molar-refractivity contribution in [3.05, 3.63) is 53.1 Å². The van der Waals surface area contributed by atoms with Crippen LogP contribution in [-0.2, 0) is 14.3 Å². The number of hydrogen-bond acceptors (Lipinski definition) is 5. The highest BCUT2D eigenvalue weighted by Crippen LogP contribution is 2.40. The molecule has 2 aromatic rings. The third-order valence-electron chi connectivity index (χ3n) is 6.60. The summed E-state index contributed by atoms with van der Waals surface area (Å²) in [4.78, 5) is 44.9. The van der Waals surface area contributed by atoms with Crippen LogP contribution in [0.4, 0.5) is 17.1 Å². The van der Waals surface area contributed by atoms with Crippen LogP contribution in [0.1, 0.15) is 29.6 Å². The number of ether oxygens (including phenoxy) is 1. The second-order valence-electron chi connectivity index (χ2n) is 8.79. The molecule has 3 aliphatic rings. The largest absolute Gasteiger partial charge is 0.378 e. The molecule has 5 rings (SSSR count). The first-order valence-corrected chi connectivity index (χ1v) is 12.0. The summed E-state index contributed by atoms with van der Waals surface area (Å²) in [6.07, 6.45) is 2.73. The lowest BCUT2D eigenvalue weighted by Crippen LogP contribution is -2.56. The summed E-state index contributed by atoms with van der Waals surface area (Å²) in [6, 6.07) is 12.0. The summed E-state index contributed by atoms with van der Waals surface area (Å²) in [5.41, 5.74) is 2.61. The number of benzene rings is 2. The number of fused-ring (bicyclic) bond motifs is 3. The summed E-state index contributed by atoms with van der Waals surface area (Å²) in [7, 11) is 0. The van der Waals surface area contributed by atoms with Gasteiger partial charge in [0.2, 0.25) is 11.8 Å². The lowest BCUT2D eigenvalue weighted by molar-refractivity contribution is -0.123. The van der Waals surface area contributed by atoms with Gasteiger partial charge in [-0.15, -0.1) is 0 Å². The lowest BCUT2D eigenvalue weighted by atomic mass is 9.95. The lowest BCUT2D eigenvalue weighted by Gasteiger charge is -2.45. The molecule has 9 heteroatoms. The Morgan fingerprint density at radius 2 is 1.76 bits per heavy atom. The zero-order valence-electron chi connectivity index (χ0n) is 18.8. The zero-order chi connectivity index (χ0) is 23.7. The predicted molar refractivity (Wildman–Crippen MR) is 131 cm³/mol. The highest BCUT2D eigenvalue weighted by atomic mass is 35.5. The molecule has 0 bridgehead atoms. The number of hydrogen-bond donors (Lipinski definition) is 1. The zero-order valence-corrected chi connectivity index (χ0v) is 19.6. The van der Waals surface area contributed by atoms with Gasteiger partial charge in [0.1, 0.15) is 12.6 Å². The van der Waals surface area contributed by atoms with Gasteiger partial charge in [-0.2, -0.15) is 0 Å². The van der Waals surface area contributed by atoms with Crippen molar-refractivity contribution in [2.24, 2.45) is 0 Å². The van der Waals surface area contributed by atoms with Crippen LogP contribution in [-0.4, -0.2) is 68.1 Å². The normalized spacial score (nSPS) is 20.0. The predicted octanol–water partition coefficient (Wildman–Crippen LogP) is 3.16. The van der Waals surface area contributed by atoms with Crippen molar-refractivity contribution >= 4 is 46.4 Å². The molecule has 3 amide bonds. The van der Waals surface area contributed by atoms with Crippen LogP contribution in [0.3, 0.4) is 0 Å². The maximum absolute atomic E-state index is 13.5. The molecule has 1 N–H and O–H groups in total. The van der Waals surface area contributed by atoms with Crippen molar-refractivity contribution in [1.82, 2.24) is 4.90 Å². The number of piperidine rings is 1. The second kappa shape index (κ2) is 9.64. The molecule has 0 saturated carbocycles. The quantitative estimate of drug-likeness (QED) is 0.724. The van der Waals surface area contributed by atoms with Gasteiger partial charge in [-0.25, -0.2) is 0 Å². The smallest absolute Gasteiger partial charge is 0.254 e.